The minimum absolute atomic E-state index is 1.10. The number of unbranched alkanes of at least 4 members (excludes halogenated alkanes) is 1. The predicted molar refractivity (Wildman–Crippen MR) is 67.4 cm³/mol. The minimum Gasteiger partial charge on any atom is -0.316 e. The minimum atomic E-state index is 1.10. The van der Waals surface area contributed by atoms with Crippen molar-refractivity contribution in [3.63, 3.8) is 0 Å². The molecule has 0 spiro atoms. The average molecular weight is 205 g/mol. The Kier molecular flexibility index (Phi) is 5.41. The van der Waals surface area contributed by atoms with E-state index in [2.05, 4.69) is 44.3 Å². The third kappa shape index (κ3) is 4.48. The summed E-state index contributed by atoms with van der Waals surface area (Å²) < 4.78 is 0. The first kappa shape index (κ1) is 12.3. The summed E-state index contributed by atoms with van der Waals surface area (Å²) in [6.45, 7) is 8.84. The second-order valence-corrected chi connectivity index (χ2v) is 4.28. The highest BCUT2D eigenvalue weighted by Crippen LogP contribution is 2.10. The maximum atomic E-state index is 3.48. The molecule has 0 saturated carbocycles. The lowest BCUT2D eigenvalue weighted by Crippen LogP contribution is -2.18. The lowest BCUT2D eigenvalue weighted by Gasteiger charge is -2.07. The molecule has 0 unspecified atom stereocenters. The quantitative estimate of drug-likeness (QED) is 0.703. The molecule has 84 valence electrons. The van der Waals surface area contributed by atoms with Gasteiger partial charge in [-0.25, -0.2) is 0 Å². The second-order valence-electron chi connectivity index (χ2n) is 4.28. The molecule has 0 heterocycles. The van der Waals surface area contributed by atoms with Gasteiger partial charge in [0.1, 0.15) is 0 Å². The van der Waals surface area contributed by atoms with Gasteiger partial charge in [-0.05, 0) is 50.9 Å². The van der Waals surface area contributed by atoms with Crippen LogP contribution in [0.4, 0.5) is 0 Å². The van der Waals surface area contributed by atoms with E-state index in [0.717, 1.165) is 19.5 Å². The third-order valence-corrected chi connectivity index (χ3v) is 2.78. The summed E-state index contributed by atoms with van der Waals surface area (Å²) in [7, 11) is 0. The highest BCUT2D eigenvalue weighted by Gasteiger charge is 1.97. The Morgan fingerprint density at radius 3 is 2.60 bits per heavy atom. The number of rotatable bonds is 6. The molecule has 1 rings (SSSR count). The first-order valence-electron chi connectivity index (χ1n) is 6.01. The van der Waals surface area contributed by atoms with Crippen LogP contribution in [0.5, 0.6) is 0 Å². The molecule has 0 bridgehead atoms. The van der Waals surface area contributed by atoms with Crippen molar-refractivity contribution in [2.24, 2.45) is 0 Å². The highest BCUT2D eigenvalue weighted by atomic mass is 14.8. The maximum absolute atomic E-state index is 3.48. The Balaban J connectivity index is 2.31. The second kappa shape index (κ2) is 6.62. The molecule has 15 heavy (non-hydrogen) atoms. The molecule has 0 fully saturated rings. The molecular weight excluding hydrogens is 182 g/mol. The summed E-state index contributed by atoms with van der Waals surface area (Å²) in [6.07, 6.45) is 3.71. The fourth-order valence-electron chi connectivity index (χ4n) is 1.78. The Morgan fingerprint density at radius 2 is 1.93 bits per heavy atom. The van der Waals surface area contributed by atoms with Crippen LogP contribution in [0.2, 0.25) is 0 Å². The molecule has 0 aliphatic rings. The van der Waals surface area contributed by atoms with Crippen molar-refractivity contribution in [1.82, 2.24) is 5.32 Å². The number of hydrogen-bond acceptors (Lipinski definition) is 1. The van der Waals surface area contributed by atoms with Crippen LogP contribution in [0.3, 0.4) is 0 Å². The van der Waals surface area contributed by atoms with Gasteiger partial charge < -0.3 is 5.32 Å². The highest BCUT2D eigenvalue weighted by molar-refractivity contribution is 5.30. The van der Waals surface area contributed by atoms with Gasteiger partial charge in [-0.2, -0.15) is 0 Å². The zero-order chi connectivity index (χ0) is 11.1. The van der Waals surface area contributed by atoms with Crippen LogP contribution in [0.15, 0.2) is 18.2 Å². The molecule has 0 amide bonds. The van der Waals surface area contributed by atoms with Gasteiger partial charge in [-0.1, -0.05) is 37.1 Å². The lowest BCUT2D eigenvalue weighted by atomic mass is 10.0. The smallest absolute Gasteiger partial charge is 0.000825 e. The van der Waals surface area contributed by atoms with Crippen LogP contribution < -0.4 is 5.32 Å². The monoisotopic (exact) mass is 205 g/mol. The van der Waals surface area contributed by atoms with Gasteiger partial charge >= 0.3 is 0 Å². The molecule has 1 heteroatoms. The van der Waals surface area contributed by atoms with Crippen molar-refractivity contribution in [3.05, 3.63) is 34.9 Å². The van der Waals surface area contributed by atoms with Gasteiger partial charge in [0, 0.05) is 0 Å². The van der Waals surface area contributed by atoms with Crippen molar-refractivity contribution in [1.29, 1.82) is 0 Å². The summed E-state index contributed by atoms with van der Waals surface area (Å²) in [6, 6.07) is 6.72. The molecule has 0 aliphatic heterocycles. The van der Waals surface area contributed by atoms with Crippen molar-refractivity contribution >= 4 is 0 Å². The molecule has 0 saturated heterocycles. The summed E-state index contributed by atoms with van der Waals surface area (Å²) in [4.78, 5) is 0. The van der Waals surface area contributed by atoms with Crippen LogP contribution in [0.1, 0.15) is 36.5 Å². The number of benzene rings is 1. The Bertz CT molecular complexity index is 291. The van der Waals surface area contributed by atoms with Gasteiger partial charge in [-0.15, -0.1) is 0 Å². The Morgan fingerprint density at radius 1 is 1.13 bits per heavy atom. The van der Waals surface area contributed by atoms with Crippen molar-refractivity contribution in [3.8, 4) is 0 Å². The van der Waals surface area contributed by atoms with Gasteiger partial charge in [0.2, 0.25) is 0 Å². The largest absolute Gasteiger partial charge is 0.316 e. The molecule has 0 aromatic heterocycles. The van der Waals surface area contributed by atoms with Gasteiger partial charge in [0.15, 0.2) is 0 Å². The van der Waals surface area contributed by atoms with Crippen molar-refractivity contribution in [2.45, 2.75) is 40.0 Å². The van der Waals surface area contributed by atoms with Crippen molar-refractivity contribution < 1.29 is 0 Å². The van der Waals surface area contributed by atoms with E-state index in [1.807, 2.05) is 0 Å². The fraction of sp³-hybridized carbons (Fsp3) is 0.571. The normalized spacial score (nSPS) is 10.6. The van der Waals surface area contributed by atoms with Crippen molar-refractivity contribution in [2.75, 3.05) is 13.1 Å². The first-order chi connectivity index (χ1) is 7.24. The van der Waals surface area contributed by atoms with Crippen LogP contribution in [-0.2, 0) is 6.42 Å². The van der Waals surface area contributed by atoms with E-state index < -0.39 is 0 Å². The Labute approximate surface area is 93.9 Å². The molecular formula is C14H23N. The molecule has 0 radical (unpaired) electrons. The molecule has 1 aromatic carbocycles. The summed E-state index contributed by atoms with van der Waals surface area (Å²) in [5, 5.41) is 3.48. The molecule has 0 aliphatic carbocycles. The van der Waals surface area contributed by atoms with E-state index in [4.69, 9.17) is 0 Å². The maximum Gasteiger partial charge on any atom is -0.000825 e. The van der Waals surface area contributed by atoms with Gasteiger partial charge in [0.05, 0.1) is 0 Å². The standard InChI is InChI=1S/C14H23N/c1-4-5-9-15-10-8-14-7-6-12(2)11-13(14)3/h6-7,11,15H,4-5,8-10H2,1-3H3. The number of aryl methyl sites for hydroxylation is 2. The average Bonchev–Trinajstić information content (AvgIpc) is 2.20. The fourth-order valence-corrected chi connectivity index (χ4v) is 1.78. The van der Waals surface area contributed by atoms with Gasteiger partial charge in [0.25, 0.3) is 0 Å². The van der Waals surface area contributed by atoms with Crippen LogP contribution in [0, 0.1) is 13.8 Å². The van der Waals surface area contributed by atoms with E-state index in [0.29, 0.717) is 0 Å². The number of hydrogen-bond donors (Lipinski definition) is 1. The van der Waals surface area contributed by atoms with E-state index in [-0.39, 0.29) is 0 Å². The van der Waals surface area contributed by atoms with Crippen LogP contribution in [0.25, 0.3) is 0 Å². The first-order valence-corrected chi connectivity index (χ1v) is 6.01. The Hall–Kier alpha value is -0.820. The van der Waals surface area contributed by atoms with E-state index in [1.165, 1.54) is 29.5 Å². The molecule has 1 nitrogen and oxygen atoms in total. The summed E-state index contributed by atoms with van der Waals surface area (Å²) in [5.41, 5.74) is 4.26. The van der Waals surface area contributed by atoms with E-state index in [1.54, 1.807) is 0 Å². The topological polar surface area (TPSA) is 12.0 Å². The zero-order valence-corrected chi connectivity index (χ0v) is 10.3. The summed E-state index contributed by atoms with van der Waals surface area (Å²) >= 11 is 0. The van der Waals surface area contributed by atoms with Crippen LogP contribution in [-0.4, -0.2) is 13.1 Å². The SMILES string of the molecule is CCCCNCCc1ccc(C)cc1C. The van der Waals surface area contributed by atoms with E-state index in [9.17, 15) is 0 Å². The third-order valence-electron chi connectivity index (χ3n) is 2.78. The van der Waals surface area contributed by atoms with Gasteiger partial charge in [-0.3, -0.25) is 0 Å². The van der Waals surface area contributed by atoms with E-state index >= 15 is 0 Å². The predicted octanol–water partition coefficient (Wildman–Crippen LogP) is 3.24. The van der Waals surface area contributed by atoms with Crippen LogP contribution >= 0.6 is 0 Å². The summed E-state index contributed by atoms with van der Waals surface area (Å²) in [5.74, 6) is 0. The zero-order valence-electron chi connectivity index (χ0n) is 10.3. The molecule has 1 N–H and O–H groups in total. The lowest BCUT2D eigenvalue weighted by molar-refractivity contribution is 0.639. The number of nitrogens with one attached hydrogen (secondary N) is 1. The molecule has 0 atom stereocenters. The molecule has 1 aromatic rings.